The van der Waals surface area contributed by atoms with Gasteiger partial charge in [0.15, 0.2) is 0 Å². The number of carboxylic acid groups (broad SMARTS) is 1. The van der Waals surface area contributed by atoms with Gasteiger partial charge in [0.25, 0.3) is 10.2 Å². The quantitative estimate of drug-likeness (QED) is 0.699. The number of carbonyl (C=O) groups is 1. The zero-order chi connectivity index (χ0) is 23.3. The predicted octanol–water partition coefficient (Wildman–Crippen LogP) is 1.66. The van der Waals surface area contributed by atoms with E-state index in [9.17, 15) is 21.6 Å². The van der Waals surface area contributed by atoms with Crippen LogP contribution in [0.2, 0.25) is 0 Å². The van der Waals surface area contributed by atoms with Crippen LogP contribution in [-0.2, 0) is 31.1 Å². The Kier molecular flexibility index (Phi) is 8.39. The van der Waals surface area contributed by atoms with Gasteiger partial charge in [0.2, 0.25) is 0 Å². The molecule has 2 aliphatic rings. The number of alkyl halides is 3. The highest BCUT2D eigenvalue weighted by molar-refractivity contribution is 7.86. The maximum absolute atomic E-state index is 12.4. The van der Waals surface area contributed by atoms with Gasteiger partial charge in [0.05, 0.1) is 24.9 Å². The van der Waals surface area contributed by atoms with Crippen molar-refractivity contribution in [2.24, 2.45) is 0 Å². The molecule has 1 spiro atoms. The van der Waals surface area contributed by atoms with E-state index < -0.39 is 28.0 Å². The molecule has 0 saturated carbocycles. The van der Waals surface area contributed by atoms with Crippen LogP contribution in [0.1, 0.15) is 24.8 Å². The Bertz CT molecular complexity index is 838. The van der Waals surface area contributed by atoms with Crippen LogP contribution in [0, 0.1) is 0 Å². The maximum atomic E-state index is 12.4. The first-order chi connectivity index (χ1) is 14.4. The molecule has 9 nitrogen and oxygen atoms in total. The average molecular weight is 469 g/mol. The second kappa shape index (κ2) is 10.2. The fourth-order valence-corrected chi connectivity index (χ4v) is 4.60. The van der Waals surface area contributed by atoms with Crippen LogP contribution in [0.5, 0.6) is 0 Å². The molecule has 0 amide bonds. The lowest BCUT2D eigenvalue weighted by atomic mass is 9.90. The summed E-state index contributed by atoms with van der Waals surface area (Å²) in [7, 11) is -0.276. The van der Waals surface area contributed by atoms with E-state index in [1.165, 1.54) is 8.61 Å². The summed E-state index contributed by atoms with van der Waals surface area (Å²) in [5.74, 6) is -2.76. The van der Waals surface area contributed by atoms with Crippen molar-refractivity contribution in [1.29, 1.82) is 0 Å². The third-order valence-electron chi connectivity index (χ3n) is 4.92. The highest BCUT2D eigenvalue weighted by Gasteiger charge is 2.46. The van der Waals surface area contributed by atoms with Crippen LogP contribution < -0.4 is 0 Å². The lowest BCUT2D eigenvalue weighted by Gasteiger charge is -2.39. The van der Waals surface area contributed by atoms with Crippen molar-refractivity contribution < 1.29 is 41.0 Å². The smallest absolute Gasteiger partial charge is 0.475 e. The summed E-state index contributed by atoms with van der Waals surface area (Å²) >= 11 is 0. The molecule has 3 rings (SSSR count). The van der Waals surface area contributed by atoms with E-state index in [-0.39, 0.29) is 6.10 Å². The Labute approximate surface area is 178 Å². The summed E-state index contributed by atoms with van der Waals surface area (Å²) in [6, 6.07) is 3.86. The molecule has 3 heterocycles. The van der Waals surface area contributed by atoms with Gasteiger partial charge in [-0.3, -0.25) is 4.98 Å². The number of pyridine rings is 1. The number of aromatic nitrogens is 1. The normalized spacial score (nSPS) is 24.8. The van der Waals surface area contributed by atoms with Crippen LogP contribution in [0.4, 0.5) is 13.2 Å². The first-order valence-corrected chi connectivity index (χ1v) is 10.9. The van der Waals surface area contributed by atoms with Crippen molar-refractivity contribution in [1.82, 2.24) is 13.6 Å². The molecule has 2 saturated heterocycles. The molecule has 31 heavy (non-hydrogen) atoms. The largest absolute Gasteiger partial charge is 0.490 e. The van der Waals surface area contributed by atoms with Crippen LogP contribution in [0.25, 0.3) is 0 Å². The first-order valence-electron chi connectivity index (χ1n) is 9.48. The van der Waals surface area contributed by atoms with Crippen LogP contribution >= 0.6 is 0 Å². The van der Waals surface area contributed by atoms with Gasteiger partial charge in [-0.1, -0.05) is 6.07 Å². The third-order valence-corrected chi connectivity index (χ3v) is 6.81. The molecule has 0 unspecified atom stereocenters. The van der Waals surface area contributed by atoms with Gasteiger partial charge >= 0.3 is 12.1 Å². The van der Waals surface area contributed by atoms with Crippen molar-refractivity contribution in [2.45, 2.75) is 43.8 Å². The number of nitrogens with zero attached hydrogens (tertiary/aromatic N) is 3. The van der Waals surface area contributed by atoms with Crippen molar-refractivity contribution >= 4 is 16.2 Å². The molecule has 1 N–H and O–H groups in total. The zero-order valence-corrected chi connectivity index (χ0v) is 18.0. The molecular weight excluding hydrogens is 443 g/mol. The van der Waals surface area contributed by atoms with Gasteiger partial charge in [-0.2, -0.15) is 30.2 Å². The minimum absolute atomic E-state index is 0.00721. The topological polar surface area (TPSA) is 109 Å². The number of hydrogen-bond acceptors (Lipinski definition) is 6. The molecule has 2 aliphatic heterocycles. The van der Waals surface area contributed by atoms with Crippen molar-refractivity contribution in [3.05, 3.63) is 30.1 Å². The number of halogens is 3. The summed E-state index contributed by atoms with van der Waals surface area (Å²) in [6.07, 6.45) is 0.845. The summed E-state index contributed by atoms with van der Waals surface area (Å²) in [5.41, 5.74) is 0.611. The Hall–Kier alpha value is -1.80. The number of hydrogen-bond donors (Lipinski definition) is 1. The van der Waals surface area contributed by atoms with Crippen LogP contribution in [0.3, 0.4) is 0 Å². The van der Waals surface area contributed by atoms with Gasteiger partial charge in [0.1, 0.15) is 0 Å². The number of ether oxygens (including phenoxy) is 2. The maximum Gasteiger partial charge on any atom is 0.490 e. The molecule has 1 aromatic rings. The van der Waals surface area contributed by atoms with E-state index in [4.69, 9.17) is 19.4 Å². The molecule has 0 aliphatic carbocycles. The number of aliphatic carboxylic acids is 1. The minimum Gasteiger partial charge on any atom is -0.475 e. The molecule has 176 valence electrons. The SMILES string of the molecule is CN(C)S(=O)(=O)N1CCC[C@]2(C[C@@H](OCc3cccnc3)CO2)C1.O=C(O)C(F)(F)F. The summed E-state index contributed by atoms with van der Waals surface area (Å²) in [4.78, 5) is 13.0. The van der Waals surface area contributed by atoms with Gasteiger partial charge in [-0.15, -0.1) is 0 Å². The lowest BCUT2D eigenvalue weighted by molar-refractivity contribution is -0.192. The van der Waals surface area contributed by atoms with Gasteiger partial charge in [0, 0.05) is 46.0 Å². The number of piperidine rings is 1. The minimum atomic E-state index is -5.08. The second-order valence-electron chi connectivity index (χ2n) is 7.52. The molecule has 0 bridgehead atoms. The number of carboxylic acids is 1. The Morgan fingerprint density at radius 2 is 2.13 bits per heavy atom. The van der Waals surface area contributed by atoms with E-state index in [0.717, 1.165) is 24.8 Å². The number of rotatable bonds is 5. The Morgan fingerprint density at radius 3 is 2.68 bits per heavy atom. The van der Waals surface area contributed by atoms with Crippen LogP contribution in [-0.4, -0.2) is 84.8 Å². The molecular formula is C18H26F3N3O6S. The fourth-order valence-electron chi connectivity index (χ4n) is 3.38. The Balaban J connectivity index is 0.000000423. The standard InChI is InChI=1S/C16H25N3O4S.C2HF3O2/c1-18(2)24(20,21)19-8-4-6-16(13-19)9-15(12-23-16)22-11-14-5-3-7-17-10-14;3-2(4,5)1(6)7/h3,5,7,10,15H,4,6,8-9,11-13H2,1-2H3;(H,6,7)/t15-,16+;/m1./s1. The lowest BCUT2D eigenvalue weighted by Crippen LogP contribution is -2.52. The second-order valence-corrected chi connectivity index (χ2v) is 9.66. The van der Waals surface area contributed by atoms with Gasteiger partial charge < -0.3 is 14.6 Å². The highest BCUT2D eigenvalue weighted by Crippen LogP contribution is 2.37. The van der Waals surface area contributed by atoms with Gasteiger partial charge in [-0.25, -0.2) is 4.79 Å². The molecule has 1 aromatic heterocycles. The van der Waals surface area contributed by atoms with Crippen LogP contribution in [0.15, 0.2) is 24.5 Å². The summed E-state index contributed by atoms with van der Waals surface area (Å²) in [5, 5.41) is 7.12. The summed E-state index contributed by atoms with van der Waals surface area (Å²) < 4.78 is 71.2. The third kappa shape index (κ3) is 7.10. The van der Waals surface area contributed by atoms with Crippen molar-refractivity contribution in [3.63, 3.8) is 0 Å². The van der Waals surface area contributed by atoms with Crippen molar-refractivity contribution in [3.8, 4) is 0 Å². The first kappa shape index (κ1) is 25.5. The van der Waals surface area contributed by atoms with E-state index in [1.54, 1.807) is 26.5 Å². The van der Waals surface area contributed by atoms with E-state index >= 15 is 0 Å². The Morgan fingerprint density at radius 1 is 1.45 bits per heavy atom. The van der Waals surface area contributed by atoms with E-state index in [0.29, 0.717) is 26.3 Å². The highest BCUT2D eigenvalue weighted by atomic mass is 32.2. The van der Waals surface area contributed by atoms with E-state index in [2.05, 4.69) is 4.98 Å². The molecule has 2 fully saturated rings. The predicted molar refractivity (Wildman–Crippen MR) is 103 cm³/mol. The molecule has 13 heteroatoms. The van der Waals surface area contributed by atoms with Gasteiger partial charge in [-0.05, 0) is 24.5 Å². The summed E-state index contributed by atoms with van der Waals surface area (Å²) in [6.45, 7) is 1.96. The zero-order valence-electron chi connectivity index (χ0n) is 17.2. The molecule has 2 atom stereocenters. The van der Waals surface area contributed by atoms with E-state index in [1.807, 2.05) is 12.1 Å². The fraction of sp³-hybridized carbons (Fsp3) is 0.667. The average Bonchev–Trinajstić information content (AvgIpc) is 3.09. The monoisotopic (exact) mass is 469 g/mol. The van der Waals surface area contributed by atoms with Crippen molar-refractivity contribution in [2.75, 3.05) is 33.8 Å². The molecule has 0 radical (unpaired) electrons. The molecule has 0 aromatic carbocycles.